The molecule has 6 rings (SSSR count). The molecule has 4 aromatic carbocycles. The number of carbonyl (C=O) groups excluding carboxylic acids is 13. The van der Waals surface area contributed by atoms with Gasteiger partial charge in [-0.15, -0.1) is 0 Å². The molecule has 1 aliphatic carbocycles. The number of ether oxygens (including phenoxy) is 4. The van der Waals surface area contributed by atoms with E-state index in [1.165, 1.54) is 93.4 Å². The smallest absolute Gasteiger partial charge is 0.326 e. The number of hydrogen-bond donors (Lipinski definition) is 21. The van der Waals surface area contributed by atoms with Gasteiger partial charge in [-0.05, 0) is 148 Å². The van der Waals surface area contributed by atoms with E-state index in [1.807, 2.05) is 36.4 Å². The summed E-state index contributed by atoms with van der Waals surface area (Å²) < 4.78 is 22.4. The first kappa shape index (κ1) is 118. The van der Waals surface area contributed by atoms with Crippen LogP contribution in [0.25, 0.3) is 10.8 Å². The number of primary amides is 1. The third kappa shape index (κ3) is 48.7. The quantitative estimate of drug-likeness (QED) is 0.0166. The van der Waals surface area contributed by atoms with Gasteiger partial charge in [0.2, 0.25) is 76.8 Å². The van der Waals surface area contributed by atoms with Crippen molar-refractivity contribution in [1.82, 2.24) is 74.0 Å². The third-order valence-corrected chi connectivity index (χ3v) is 24.6. The molecule has 142 heavy (non-hydrogen) atoms. The number of hydrogen-bond acceptors (Lipinski definition) is 22. The number of likely N-dealkylation sites (tertiary alicyclic amines) is 1. The molecule has 786 valence electrons. The second-order valence-corrected chi connectivity index (χ2v) is 36.9. The number of benzene rings is 4. The van der Waals surface area contributed by atoms with Crippen LogP contribution in [0.15, 0.2) is 97.1 Å². The predicted octanol–water partition coefficient (Wildman–Crippen LogP) is 4.32. The number of carboxylic acids is 2. The van der Waals surface area contributed by atoms with Gasteiger partial charge in [-0.1, -0.05) is 183 Å². The van der Waals surface area contributed by atoms with E-state index < -0.39 is 145 Å². The maximum absolute atomic E-state index is 15.2. The molecule has 13 amide bonds. The lowest BCUT2D eigenvalue weighted by Crippen LogP contribution is -2.61. The van der Waals surface area contributed by atoms with E-state index in [0.29, 0.717) is 68.5 Å². The highest BCUT2D eigenvalue weighted by atomic mass is 16.5. The zero-order valence-corrected chi connectivity index (χ0v) is 82.7. The molecule has 1 aliphatic heterocycles. The van der Waals surface area contributed by atoms with Crippen LogP contribution in [0.5, 0.6) is 5.75 Å². The van der Waals surface area contributed by atoms with E-state index >= 15 is 19.2 Å². The van der Waals surface area contributed by atoms with Crippen molar-refractivity contribution in [1.29, 1.82) is 10.8 Å². The number of fused-ring (bicyclic) bond motifs is 1. The maximum Gasteiger partial charge on any atom is 0.326 e. The number of nitrogens with zero attached hydrogens (tertiary/aromatic N) is 1. The minimum atomic E-state index is -1.76. The van der Waals surface area contributed by atoms with Crippen molar-refractivity contribution in [2.45, 2.75) is 287 Å². The minimum Gasteiger partial charge on any atom is -0.508 e. The molecule has 0 unspecified atom stereocenters. The molecule has 4 aromatic rings. The molecular formula is C101H155N19O22. The molecule has 41 heteroatoms. The van der Waals surface area contributed by atoms with E-state index in [4.69, 9.17) is 47.0 Å². The standard InChI is InChI=1S/C101H155N19O22/c1-4-5-6-7-8-9-10-11-12-13-14-15-19-34-86(123)111-64-70-35-41-73(42-36-70)90(127)115-78(98(135)136)45-46-87(124)107-49-25-52-139-54-56-141-57-55-140-53-26-50-108-88(125)65-142-66-89(126)112-80(61-69-38-43-75(121)44-39-69)93(130)118-82(62-71-37-40-72-29-20-21-30-74(72)59-71)95(132)116-79(58-67(2)3)92(129)117-81(60-68-27-17-16-18-28-68)94(131)114-77(32-23-48-110-101(105)106)97(134)120-51-24-33-84(120)96(133)113-76(31-22-47-109-100(103)104)91(128)119-83(99(137)138)63-85(102)122/h16-18,20-21,27-30,37-40,43-44,59,67,70,73,76-84,121H,4-15,19,22-26,31-36,41-42,45-58,60-66H2,1-3H3,(H2,102,122)(H,107,124)(H,108,125)(H,111,123)(H,112,126)(H,113,133)(H,114,131)(H,115,127)(H,116,132)(H,117,129)(H,118,130)(H,119,128)(H,135,136)(H,137,138)(H4,103,104,109)(H4,105,106,110)/t70?,73?,76-,77-,78-,79-,80-,81-,82-,83-,84-/m0/s1. The largest absolute Gasteiger partial charge is 0.508 e. The molecule has 0 radical (unpaired) electrons. The zero-order valence-electron chi connectivity index (χ0n) is 82.7. The fourth-order valence-corrected chi connectivity index (χ4v) is 16.8. The second-order valence-electron chi connectivity index (χ2n) is 36.9. The van der Waals surface area contributed by atoms with Crippen LogP contribution in [0.3, 0.4) is 0 Å². The highest BCUT2D eigenvalue weighted by Crippen LogP contribution is 2.30. The van der Waals surface area contributed by atoms with Gasteiger partial charge in [0.25, 0.3) is 0 Å². The number of aliphatic carboxylic acids is 2. The topological polar surface area (TPSA) is 639 Å². The summed E-state index contributed by atoms with van der Waals surface area (Å²) in [4.78, 5) is 206. The molecule has 24 N–H and O–H groups in total. The summed E-state index contributed by atoms with van der Waals surface area (Å²) in [6, 6.07) is 14.4. The van der Waals surface area contributed by atoms with Crippen molar-refractivity contribution in [3.63, 3.8) is 0 Å². The Bertz CT molecular complexity index is 4620. The van der Waals surface area contributed by atoms with Gasteiger partial charge in [0.1, 0.15) is 73.3 Å². The minimum absolute atomic E-state index is 0.00775. The Kier molecular flexibility index (Phi) is 56.3. The first-order valence-corrected chi connectivity index (χ1v) is 50.3. The van der Waals surface area contributed by atoms with E-state index in [-0.39, 0.29) is 189 Å². The molecule has 41 nitrogen and oxygen atoms in total. The summed E-state index contributed by atoms with van der Waals surface area (Å²) in [5.74, 6) is -13.0. The molecule has 2 fully saturated rings. The maximum atomic E-state index is 15.2. The van der Waals surface area contributed by atoms with Crippen molar-refractivity contribution >= 4 is 111 Å². The van der Waals surface area contributed by atoms with Crippen molar-refractivity contribution in [3.05, 3.63) is 114 Å². The van der Waals surface area contributed by atoms with Crippen molar-refractivity contribution in [2.75, 3.05) is 92.1 Å². The lowest BCUT2D eigenvalue weighted by molar-refractivity contribution is -0.144. The Morgan fingerprint density at radius 2 is 0.866 bits per heavy atom. The summed E-state index contributed by atoms with van der Waals surface area (Å²) >= 11 is 0. The van der Waals surface area contributed by atoms with Crippen molar-refractivity contribution < 1.29 is 106 Å². The summed E-state index contributed by atoms with van der Waals surface area (Å²) in [6.45, 7) is 7.43. The Morgan fingerprint density at radius 1 is 0.408 bits per heavy atom. The number of carbonyl (C=O) groups is 15. The summed E-state index contributed by atoms with van der Waals surface area (Å²) in [5.41, 5.74) is 17.9. The monoisotopic (exact) mass is 1990 g/mol. The molecule has 1 saturated heterocycles. The Hall–Kier alpha value is -12.6. The van der Waals surface area contributed by atoms with Crippen LogP contribution < -0.4 is 86.3 Å². The highest BCUT2D eigenvalue weighted by molar-refractivity contribution is 5.99. The number of amides is 13. The predicted molar refractivity (Wildman–Crippen MR) is 533 cm³/mol. The molecule has 0 bridgehead atoms. The third-order valence-electron chi connectivity index (χ3n) is 24.6. The average molecular weight is 1990 g/mol. The fourth-order valence-electron chi connectivity index (χ4n) is 16.8. The van der Waals surface area contributed by atoms with Gasteiger partial charge in [0.15, 0.2) is 11.9 Å². The van der Waals surface area contributed by atoms with Gasteiger partial charge in [-0.25, -0.2) is 9.59 Å². The van der Waals surface area contributed by atoms with Crippen LogP contribution >= 0.6 is 0 Å². The van der Waals surface area contributed by atoms with Crippen LogP contribution in [0.4, 0.5) is 0 Å². The molecule has 2 aliphatic rings. The van der Waals surface area contributed by atoms with Gasteiger partial charge in [-0.2, -0.15) is 0 Å². The lowest BCUT2D eigenvalue weighted by atomic mass is 9.81. The van der Waals surface area contributed by atoms with Gasteiger partial charge in [0, 0.05) is 90.5 Å². The SMILES string of the molecule is CCCCCCCCCCCCCCCC(=O)NCC1CCC(C(=O)N[C@@H](CCC(=O)NCCCOCCOCCOCCCNC(=O)COCC(=O)N[C@@H](Cc2ccc(O)cc2)C(=O)N[C@@H](Cc2ccc3ccccc3c2)C(=O)N[C@@H](CC(C)C)C(=O)N[C@@H](Cc2ccccc2)C(=O)N[C@@H](CCCNC(=N)N)C(=O)N2CCC[C@H]2C(=O)N[C@@H](CCCNC(=N)N)C(=O)N[C@@H](CC(N)=O)C(=O)O)C(=O)O)CC1. The number of phenolic OH excluding ortho intramolecular Hbond substituents is 1. The average Bonchev–Trinajstić information content (AvgIpc) is 1.70. The number of nitrogens with one attached hydrogen (secondary N) is 15. The Balaban J connectivity index is 0.954. The van der Waals surface area contributed by atoms with Gasteiger partial charge >= 0.3 is 11.9 Å². The first-order valence-electron chi connectivity index (χ1n) is 50.3. The van der Waals surface area contributed by atoms with E-state index in [2.05, 4.69) is 76.0 Å². The molecule has 9 atom stereocenters. The van der Waals surface area contributed by atoms with E-state index in [9.17, 15) is 68.1 Å². The number of carboxylic acid groups (broad SMARTS) is 2. The van der Waals surface area contributed by atoms with Crippen molar-refractivity contribution in [3.8, 4) is 5.75 Å². The summed E-state index contributed by atoms with van der Waals surface area (Å²) in [7, 11) is 0. The molecule has 0 aromatic heterocycles. The van der Waals surface area contributed by atoms with Crippen molar-refractivity contribution in [2.24, 2.45) is 35.0 Å². The lowest BCUT2D eigenvalue weighted by Gasteiger charge is -2.31. The summed E-state index contributed by atoms with van der Waals surface area (Å²) in [6.07, 6.45) is 19.2. The number of rotatable bonds is 73. The molecular weight excluding hydrogens is 1830 g/mol. The number of phenols is 1. The van der Waals surface area contributed by atoms with Crippen LogP contribution in [-0.4, -0.2) is 267 Å². The van der Waals surface area contributed by atoms with Crippen LogP contribution in [-0.2, 0) is 110 Å². The first-order chi connectivity index (χ1) is 68.2. The highest BCUT2D eigenvalue weighted by Gasteiger charge is 2.42. The van der Waals surface area contributed by atoms with E-state index in [1.54, 1.807) is 50.2 Å². The van der Waals surface area contributed by atoms with Crippen LogP contribution in [0.1, 0.15) is 230 Å². The van der Waals surface area contributed by atoms with Gasteiger partial charge in [0.05, 0.1) is 32.8 Å². The Morgan fingerprint density at radius 3 is 1.43 bits per heavy atom. The Labute approximate surface area is 832 Å². The van der Waals surface area contributed by atoms with Gasteiger partial charge in [-0.3, -0.25) is 73.1 Å². The number of unbranched alkanes of at least 4 members (excludes halogenated alkanes) is 12. The van der Waals surface area contributed by atoms with Gasteiger partial charge < -0.3 is 125 Å². The molecule has 0 spiro atoms. The summed E-state index contributed by atoms with van der Waals surface area (Å²) in [5, 5.41) is 82.1. The molecule has 1 saturated carbocycles. The fraction of sp³-hybridized carbons (Fsp3) is 0.614. The van der Waals surface area contributed by atoms with Crippen LogP contribution in [0.2, 0.25) is 0 Å². The normalized spacial score (nSPS) is 15.6. The molecule has 1 heterocycles. The second kappa shape index (κ2) is 67.7. The number of nitrogens with two attached hydrogens (primary N) is 3. The van der Waals surface area contributed by atoms with E-state index in [0.717, 1.165) is 42.9 Å². The zero-order chi connectivity index (χ0) is 103. The number of guanidine groups is 2. The number of aromatic hydroxyl groups is 1. The van der Waals surface area contributed by atoms with Crippen LogP contribution in [0, 0.1) is 28.6 Å².